The van der Waals surface area contributed by atoms with Crippen LogP contribution in [0.25, 0.3) is 0 Å². The molecule has 0 saturated carbocycles. The molecule has 0 atom stereocenters. The molecular formula is C12H12FN3O2S. The minimum absolute atomic E-state index is 0.104. The van der Waals surface area contributed by atoms with Crippen molar-refractivity contribution in [2.24, 2.45) is 0 Å². The van der Waals surface area contributed by atoms with E-state index in [0.717, 1.165) is 11.6 Å². The van der Waals surface area contributed by atoms with Crippen LogP contribution in [0.15, 0.2) is 41.4 Å². The maximum Gasteiger partial charge on any atom is 0.263 e. The Morgan fingerprint density at radius 2 is 2.00 bits per heavy atom. The monoisotopic (exact) mass is 281 g/mol. The molecule has 2 rings (SSSR count). The Kier molecular flexibility index (Phi) is 3.39. The largest absolute Gasteiger partial charge is 0.396 e. The second-order valence-corrected chi connectivity index (χ2v) is 5.69. The molecule has 0 aliphatic rings. The highest BCUT2D eigenvalue weighted by atomic mass is 32.2. The molecule has 2 aromatic rings. The lowest BCUT2D eigenvalue weighted by Gasteiger charge is -2.08. The van der Waals surface area contributed by atoms with Crippen LogP contribution in [0.1, 0.15) is 5.56 Å². The summed E-state index contributed by atoms with van der Waals surface area (Å²) in [5.41, 5.74) is 6.10. The number of halogens is 1. The standard InChI is InChI=1S/C12H12FN3O2S/c1-8-2-5-12(15-7-8)16-19(17,18)9-3-4-11(14)10(13)6-9/h2-7H,14H2,1H3,(H,15,16). The SMILES string of the molecule is Cc1ccc(NS(=O)(=O)c2ccc(N)c(F)c2)nc1. The average molecular weight is 281 g/mol. The van der Waals surface area contributed by atoms with Gasteiger partial charge in [0.1, 0.15) is 11.6 Å². The van der Waals surface area contributed by atoms with Crippen LogP contribution < -0.4 is 10.5 Å². The lowest BCUT2D eigenvalue weighted by Crippen LogP contribution is -2.14. The molecule has 100 valence electrons. The minimum atomic E-state index is -3.87. The lowest BCUT2D eigenvalue weighted by atomic mass is 10.3. The summed E-state index contributed by atoms with van der Waals surface area (Å²) in [7, 11) is -3.87. The first kappa shape index (κ1) is 13.3. The van der Waals surface area contributed by atoms with E-state index in [2.05, 4.69) is 9.71 Å². The number of hydrogen-bond donors (Lipinski definition) is 2. The number of nitrogens with two attached hydrogens (primary N) is 1. The zero-order valence-corrected chi connectivity index (χ0v) is 10.9. The number of anilines is 2. The number of aromatic nitrogens is 1. The molecule has 19 heavy (non-hydrogen) atoms. The van der Waals surface area contributed by atoms with Gasteiger partial charge in [0.15, 0.2) is 0 Å². The fourth-order valence-electron chi connectivity index (χ4n) is 1.40. The van der Waals surface area contributed by atoms with Crippen molar-refractivity contribution in [2.45, 2.75) is 11.8 Å². The maximum absolute atomic E-state index is 13.3. The molecule has 0 fully saturated rings. The molecule has 5 nitrogen and oxygen atoms in total. The topological polar surface area (TPSA) is 85.1 Å². The molecule has 7 heteroatoms. The van der Waals surface area contributed by atoms with Crippen LogP contribution in [0.2, 0.25) is 0 Å². The molecule has 0 saturated heterocycles. The summed E-state index contributed by atoms with van der Waals surface area (Å²) in [6, 6.07) is 6.54. The molecule has 0 spiro atoms. The van der Waals surface area contributed by atoms with Crippen molar-refractivity contribution in [2.75, 3.05) is 10.5 Å². The van der Waals surface area contributed by atoms with Gasteiger partial charge in [-0.1, -0.05) is 6.07 Å². The average Bonchev–Trinajstić information content (AvgIpc) is 2.35. The normalized spacial score (nSPS) is 11.3. The number of nitrogens with zero attached hydrogens (tertiary/aromatic N) is 1. The first-order chi connectivity index (χ1) is 8.88. The van der Waals surface area contributed by atoms with Gasteiger partial charge in [-0.2, -0.15) is 0 Å². The molecule has 0 bridgehead atoms. The lowest BCUT2D eigenvalue weighted by molar-refractivity contribution is 0.596. The van der Waals surface area contributed by atoms with Gasteiger partial charge in [0.05, 0.1) is 10.6 Å². The molecule has 0 unspecified atom stereocenters. The molecule has 1 heterocycles. The zero-order chi connectivity index (χ0) is 14.0. The van der Waals surface area contributed by atoms with Crippen LogP contribution in [0, 0.1) is 12.7 Å². The van der Waals surface area contributed by atoms with Gasteiger partial charge in [0.25, 0.3) is 10.0 Å². The predicted octanol–water partition coefficient (Wildman–Crippen LogP) is 1.91. The fraction of sp³-hybridized carbons (Fsp3) is 0.0833. The Bertz CT molecular complexity index is 699. The zero-order valence-electron chi connectivity index (χ0n) is 10.1. The van der Waals surface area contributed by atoms with E-state index in [1.165, 1.54) is 24.4 Å². The second-order valence-electron chi connectivity index (χ2n) is 4.01. The predicted molar refractivity (Wildman–Crippen MR) is 70.6 cm³/mol. The molecule has 1 aromatic heterocycles. The highest BCUT2D eigenvalue weighted by molar-refractivity contribution is 7.92. The summed E-state index contributed by atoms with van der Waals surface area (Å²) in [5, 5.41) is 0. The van der Waals surface area contributed by atoms with Gasteiger partial charge in [0.2, 0.25) is 0 Å². The first-order valence-electron chi connectivity index (χ1n) is 5.39. The number of aryl methyl sites for hydroxylation is 1. The Morgan fingerprint density at radius 3 is 2.58 bits per heavy atom. The number of nitrogens with one attached hydrogen (secondary N) is 1. The van der Waals surface area contributed by atoms with E-state index < -0.39 is 15.8 Å². The molecule has 0 aliphatic carbocycles. The van der Waals surface area contributed by atoms with Crippen LogP contribution in [-0.2, 0) is 10.0 Å². The molecular weight excluding hydrogens is 269 g/mol. The molecule has 1 aromatic carbocycles. The Labute approximate surface area is 110 Å². The number of hydrogen-bond acceptors (Lipinski definition) is 4. The van der Waals surface area contributed by atoms with E-state index in [-0.39, 0.29) is 16.4 Å². The molecule has 0 aliphatic heterocycles. The second kappa shape index (κ2) is 4.85. The van der Waals surface area contributed by atoms with Gasteiger partial charge in [-0.3, -0.25) is 4.72 Å². The number of sulfonamides is 1. The van der Waals surface area contributed by atoms with Crippen molar-refractivity contribution in [3.63, 3.8) is 0 Å². The smallest absolute Gasteiger partial charge is 0.263 e. The summed E-state index contributed by atoms with van der Waals surface area (Å²) in [6.45, 7) is 1.83. The van der Waals surface area contributed by atoms with Gasteiger partial charge < -0.3 is 5.73 Å². The fourth-order valence-corrected chi connectivity index (χ4v) is 2.42. The maximum atomic E-state index is 13.3. The minimum Gasteiger partial charge on any atom is -0.396 e. The summed E-state index contributed by atoms with van der Waals surface area (Å²) < 4.78 is 39.5. The third-order valence-electron chi connectivity index (χ3n) is 2.43. The van der Waals surface area contributed by atoms with E-state index in [0.29, 0.717) is 0 Å². The van der Waals surface area contributed by atoms with Crippen molar-refractivity contribution in [1.29, 1.82) is 0 Å². The Morgan fingerprint density at radius 1 is 1.26 bits per heavy atom. The number of rotatable bonds is 3. The van der Waals surface area contributed by atoms with Crippen molar-refractivity contribution in [3.8, 4) is 0 Å². The van der Waals surface area contributed by atoms with Crippen LogP contribution in [0.4, 0.5) is 15.9 Å². The number of benzene rings is 1. The van der Waals surface area contributed by atoms with Crippen LogP contribution in [0.5, 0.6) is 0 Å². The van der Waals surface area contributed by atoms with Gasteiger partial charge >= 0.3 is 0 Å². The molecule has 0 amide bonds. The van der Waals surface area contributed by atoms with E-state index in [9.17, 15) is 12.8 Å². The molecule has 3 N–H and O–H groups in total. The number of pyridine rings is 1. The van der Waals surface area contributed by atoms with Crippen molar-refractivity contribution < 1.29 is 12.8 Å². The van der Waals surface area contributed by atoms with Gasteiger partial charge in [-0.15, -0.1) is 0 Å². The highest BCUT2D eigenvalue weighted by Crippen LogP contribution is 2.18. The first-order valence-corrected chi connectivity index (χ1v) is 6.87. The van der Waals surface area contributed by atoms with Gasteiger partial charge in [-0.05, 0) is 36.8 Å². The van der Waals surface area contributed by atoms with Crippen LogP contribution in [0.3, 0.4) is 0 Å². The van der Waals surface area contributed by atoms with Crippen LogP contribution >= 0.6 is 0 Å². The summed E-state index contributed by atoms with van der Waals surface area (Å²) >= 11 is 0. The third kappa shape index (κ3) is 3.00. The Balaban J connectivity index is 2.32. The van der Waals surface area contributed by atoms with Gasteiger partial charge in [0, 0.05) is 6.20 Å². The van der Waals surface area contributed by atoms with Crippen molar-refractivity contribution >= 4 is 21.5 Å². The van der Waals surface area contributed by atoms with Crippen molar-refractivity contribution in [3.05, 3.63) is 47.9 Å². The quantitative estimate of drug-likeness (QED) is 0.842. The Hall–Kier alpha value is -2.15. The summed E-state index contributed by atoms with van der Waals surface area (Å²) in [6.07, 6.45) is 1.53. The van der Waals surface area contributed by atoms with E-state index in [1.807, 2.05) is 6.92 Å². The molecule has 0 radical (unpaired) electrons. The highest BCUT2D eigenvalue weighted by Gasteiger charge is 2.16. The summed E-state index contributed by atoms with van der Waals surface area (Å²) in [5.74, 6) is -0.609. The third-order valence-corrected chi connectivity index (χ3v) is 3.78. The van der Waals surface area contributed by atoms with Gasteiger partial charge in [-0.25, -0.2) is 17.8 Å². The van der Waals surface area contributed by atoms with E-state index >= 15 is 0 Å². The number of nitrogen functional groups attached to an aromatic ring is 1. The van der Waals surface area contributed by atoms with Crippen LogP contribution in [-0.4, -0.2) is 13.4 Å². The van der Waals surface area contributed by atoms with Crippen molar-refractivity contribution in [1.82, 2.24) is 4.98 Å². The van der Waals surface area contributed by atoms with E-state index in [4.69, 9.17) is 5.73 Å². The summed E-state index contributed by atoms with van der Waals surface area (Å²) in [4.78, 5) is 3.71. The van der Waals surface area contributed by atoms with E-state index in [1.54, 1.807) is 6.07 Å².